The van der Waals surface area contributed by atoms with Crippen LogP contribution in [0, 0.1) is 5.92 Å². The van der Waals surface area contributed by atoms with Crippen LogP contribution in [0.15, 0.2) is 0 Å². The first kappa shape index (κ1) is 16.9. The van der Waals surface area contributed by atoms with Crippen LogP contribution in [-0.4, -0.2) is 36.1 Å². The van der Waals surface area contributed by atoms with E-state index in [4.69, 9.17) is 5.11 Å². The molecule has 0 aromatic carbocycles. The molecule has 2 atom stereocenters. The molecule has 0 fully saturated rings. The van der Waals surface area contributed by atoms with Crippen molar-refractivity contribution in [3.8, 4) is 0 Å². The Labute approximate surface area is 109 Å². The van der Waals surface area contributed by atoms with Crippen LogP contribution in [0.1, 0.15) is 46.5 Å². The lowest BCUT2D eigenvalue weighted by molar-refractivity contribution is -0.141. The van der Waals surface area contributed by atoms with Gasteiger partial charge in [0.15, 0.2) is 0 Å². The summed E-state index contributed by atoms with van der Waals surface area (Å²) in [5.74, 6) is -1.06. The van der Waals surface area contributed by atoms with Gasteiger partial charge in [0.05, 0.1) is 12.5 Å². The van der Waals surface area contributed by atoms with Crippen molar-refractivity contribution < 1.29 is 14.7 Å². The molecule has 3 N–H and O–H groups in total. The van der Waals surface area contributed by atoms with E-state index in [0.717, 1.165) is 25.8 Å². The van der Waals surface area contributed by atoms with Gasteiger partial charge in [0.2, 0.25) is 5.91 Å². The third kappa shape index (κ3) is 8.98. The van der Waals surface area contributed by atoms with Gasteiger partial charge in [0, 0.05) is 6.04 Å². The predicted octanol–water partition coefficient (Wildman–Crippen LogP) is 1.38. The van der Waals surface area contributed by atoms with Crippen molar-refractivity contribution in [1.29, 1.82) is 0 Å². The van der Waals surface area contributed by atoms with Crippen LogP contribution in [0.25, 0.3) is 0 Å². The van der Waals surface area contributed by atoms with Crippen molar-refractivity contribution in [2.75, 3.05) is 13.1 Å². The van der Waals surface area contributed by atoms with Crippen LogP contribution in [0.5, 0.6) is 0 Å². The Morgan fingerprint density at radius 1 is 1.22 bits per heavy atom. The van der Waals surface area contributed by atoms with Crippen LogP contribution in [0.3, 0.4) is 0 Å². The Hall–Kier alpha value is -1.10. The Kier molecular flexibility index (Phi) is 9.28. The molecular weight excluding hydrogens is 232 g/mol. The smallest absolute Gasteiger partial charge is 0.306 e. The number of nitrogens with one attached hydrogen (secondary N) is 2. The highest BCUT2D eigenvalue weighted by Gasteiger charge is 2.12. The highest BCUT2D eigenvalue weighted by Crippen LogP contribution is 2.09. The maximum absolute atomic E-state index is 11.5. The van der Waals surface area contributed by atoms with Crippen LogP contribution >= 0.6 is 0 Å². The van der Waals surface area contributed by atoms with Crippen molar-refractivity contribution in [2.24, 2.45) is 5.92 Å². The van der Waals surface area contributed by atoms with Gasteiger partial charge in [-0.3, -0.25) is 9.59 Å². The molecule has 0 saturated heterocycles. The lowest BCUT2D eigenvalue weighted by Crippen LogP contribution is -2.39. The minimum absolute atomic E-state index is 0.00207. The molecule has 0 aromatic rings. The monoisotopic (exact) mass is 258 g/mol. The number of carbonyl (C=O) groups excluding carboxylic acids is 1. The van der Waals surface area contributed by atoms with E-state index in [1.54, 1.807) is 6.92 Å². The Bertz CT molecular complexity index is 257. The van der Waals surface area contributed by atoms with E-state index in [1.165, 1.54) is 0 Å². The lowest BCUT2D eigenvalue weighted by Gasteiger charge is -2.14. The van der Waals surface area contributed by atoms with Gasteiger partial charge < -0.3 is 15.7 Å². The molecular formula is C13H26N2O3. The largest absolute Gasteiger partial charge is 0.481 e. The van der Waals surface area contributed by atoms with Crippen molar-refractivity contribution in [2.45, 2.75) is 52.5 Å². The van der Waals surface area contributed by atoms with Crippen molar-refractivity contribution >= 4 is 11.9 Å². The number of carbonyl (C=O) groups is 2. The van der Waals surface area contributed by atoms with Crippen molar-refractivity contribution in [3.63, 3.8) is 0 Å². The summed E-state index contributed by atoms with van der Waals surface area (Å²) < 4.78 is 0. The predicted molar refractivity (Wildman–Crippen MR) is 71.4 cm³/mol. The van der Waals surface area contributed by atoms with E-state index < -0.39 is 5.97 Å². The first-order chi connectivity index (χ1) is 8.47. The van der Waals surface area contributed by atoms with E-state index in [2.05, 4.69) is 17.6 Å². The van der Waals surface area contributed by atoms with Gasteiger partial charge in [-0.25, -0.2) is 0 Å². The van der Waals surface area contributed by atoms with Gasteiger partial charge in [-0.2, -0.15) is 0 Å². The summed E-state index contributed by atoms with van der Waals surface area (Å²) in [6.07, 6.45) is 3.30. The second-order valence-electron chi connectivity index (χ2n) is 4.82. The minimum Gasteiger partial charge on any atom is -0.481 e. The maximum Gasteiger partial charge on any atom is 0.306 e. The summed E-state index contributed by atoms with van der Waals surface area (Å²) in [7, 11) is 0. The molecule has 0 aromatic heterocycles. The Balaban J connectivity index is 3.61. The van der Waals surface area contributed by atoms with Crippen LogP contribution in [0.2, 0.25) is 0 Å². The van der Waals surface area contributed by atoms with E-state index in [0.29, 0.717) is 13.0 Å². The third-order valence-corrected chi connectivity index (χ3v) is 2.82. The van der Waals surface area contributed by atoms with Gasteiger partial charge >= 0.3 is 5.97 Å². The number of hydrogen-bond acceptors (Lipinski definition) is 3. The van der Waals surface area contributed by atoms with Gasteiger partial charge in [-0.05, 0) is 32.7 Å². The molecule has 0 radical (unpaired) electrons. The topological polar surface area (TPSA) is 78.4 Å². The summed E-state index contributed by atoms with van der Waals surface area (Å²) in [5, 5.41) is 14.7. The molecule has 2 unspecified atom stereocenters. The van der Waals surface area contributed by atoms with E-state index >= 15 is 0 Å². The number of hydrogen-bond donors (Lipinski definition) is 3. The highest BCUT2D eigenvalue weighted by molar-refractivity contribution is 5.78. The van der Waals surface area contributed by atoms with Crippen molar-refractivity contribution in [1.82, 2.24) is 10.6 Å². The zero-order valence-corrected chi connectivity index (χ0v) is 11.7. The van der Waals surface area contributed by atoms with Gasteiger partial charge in [-0.1, -0.05) is 20.3 Å². The van der Waals surface area contributed by atoms with Crippen LogP contribution in [0.4, 0.5) is 0 Å². The first-order valence-electron chi connectivity index (χ1n) is 6.70. The fourth-order valence-electron chi connectivity index (χ4n) is 1.63. The molecule has 5 heteroatoms. The molecule has 0 saturated carbocycles. The number of rotatable bonds is 10. The molecule has 1 amide bonds. The fraction of sp³-hybridized carbons (Fsp3) is 0.846. The summed E-state index contributed by atoms with van der Waals surface area (Å²) in [6.45, 7) is 6.90. The average Bonchev–Trinajstić information content (AvgIpc) is 2.28. The average molecular weight is 258 g/mol. The molecule has 0 aliphatic heterocycles. The van der Waals surface area contributed by atoms with Crippen LogP contribution < -0.4 is 10.6 Å². The number of carboxylic acids is 1. The fourth-order valence-corrected chi connectivity index (χ4v) is 1.63. The molecule has 0 rings (SSSR count). The second kappa shape index (κ2) is 9.88. The van der Waals surface area contributed by atoms with Crippen LogP contribution in [-0.2, 0) is 9.59 Å². The van der Waals surface area contributed by atoms with E-state index in [1.807, 2.05) is 6.92 Å². The SMILES string of the molecule is CCCNCC(=O)NC(C)CCCC(C)C(=O)O. The third-order valence-electron chi connectivity index (χ3n) is 2.82. The molecule has 0 spiro atoms. The number of aliphatic carboxylic acids is 1. The van der Waals surface area contributed by atoms with Gasteiger partial charge in [-0.15, -0.1) is 0 Å². The lowest BCUT2D eigenvalue weighted by atomic mass is 10.0. The molecule has 0 heterocycles. The quantitative estimate of drug-likeness (QED) is 0.517. The standard InChI is InChI=1S/C13H26N2O3/c1-4-8-14-9-12(16)15-11(3)7-5-6-10(2)13(17)18/h10-11,14H,4-9H2,1-3H3,(H,15,16)(H,17,18). The Morgan fingerprint density at radius 3 is 2.44 bits per heavy atom. The molecule has 0 bridgehead atoms. The summed E-state index contributed by atoms with van der Waals surface area (Å²) in [5.41, 5.74) is 0. The molecule has 0 aliphatic carbocycles. The zero-order valence-electron chi connectivity index (χ0n) is 11.7. The molecule has 0 aliphatic rings. The summed E-state index contributed by atoms with van der Waals surface area (Å²) >= 11 is 0. The van der Waals surface area contributed by atoms with Gasteiger partial charge in [0.25, 0.3) is 0 Å². The number of amides is 1. The molecule has 106 valence electrons. The summed E-state index contributed by atoms with van der Waals surface area (Å²) in [4.78, 5) is 22.1. The summed E-state index contributed by atoms with van der Waals surface area (Å²) in [6, 6.07) is 0.0990. The van der Waals surface area contributed by atoms with Crippen molar-refractivity contribution in [3.05, 3.63) is 0 Å². The zero-order chi connectivity index (χ0) is 14.0. The number of carboxylic acid groups (broad SMARTS) is 1. The minimum atomic E-state index is -0.754. The molecule has 5 nitrogen and oxygen atoms in total. The van der Waals surface area contributed by atoms with E-state index in [9.17, 15) is 9.59 Å². The Morgan fingerprint density at radius 2 is 1.89 bits per heavy atom. The molecule has 18 heavy (non-hydrogen) atoms. The normalized spacial score (nSPS) is 13.9. The van der Waals surface area contributed by atoms with E-state index in [-0.39, 0.29) is 17.9 Å². The first-order valence-corrected chi connectivity index (χ1v) is 6.70. The second-order valence-corrected chi connectivity index (χ2v) is 4.82. The highest BCUT2D eigenvalue weighted by atomic mass is 16.4. The maximum atomic E-state index is 11.5. The van der Waals surface area contributed by atoms with Gasteiger partial charge in [0.1, 0.15) is 0 Å².